The van der Waals surface area contributed by atoms with E-state index in [9.17, 15) is 0 Å². The molecule has 1 aliphatic heterocycles. The van der Waals surface area contributed by atoms with Crippen molar-refractivity contribution in [1.82, 2.24) is 14.3 Å². The molecular formula is C11H11N3S. The number of thioether (sulfide) groups is 1. The second-order valence-electron chi connectivity index (χ2n) is 3.56. The summed E-state index contributed by atoms with van der Waals surface area (Å²) in [6, 6.07) is 4.20. The lowest BCUT2D eigenvalue weighted by Crippen LogP contribution is -2.12. The smallest absolute Gasteiger partial charge is 0.136 e. The van der Waals surface area contributed by atoms with E-state index in [1.165, 1.54) is 5.56 Å². The number of pyridine rings is 1. The van der Waals surface area contributed by atoms with Gasteiger partial charge >= 0.3 is 0 Å². The first-order chi connectivity index (χ1) is 7.42. The van der Waals surface area contributed by atoms with Gasteiger partial charge in [-0.3, -0.25) is 0 Å². The molecule has 0 atom stereocenters. The molecule has 0 aliphatic carbocycles. The van der Waals surface area contributed by atoms with Crippen LogP contribution in [0, 0.1) is 0 Å². The van der Waals surface area contributed by atoms with Gasteiger partial charge < -0.3 is 9.30 Å². The summed E-state index contributed by atoms with van der Waals surface area (Å²) >= 11 is 1.83. The molecule has 15 heavy (non-hydrogen) atoms. The van der Waals surface area contributed by atoms with Crippen LogP contribution in [-0.2, 0) is 6.54 Å². The van der Waals surface area contributed by atoms with Gasteiger partial charge in [0.25, 0.3) is 0 Å². The summed E-state index contributed by atoms with van der Waals surface area (Å²) in [5.74, 6) is 1.06. The minimum absolute atomic E-state index is 0.970. The van der Waals surface area contributed by atoms with Gasteiger partial charge in [0, 0.05) is 31.3 Å². The molecule has 0 spiro atoms. The number of fused-ring (bicyclic) bond motifs is 1. The van der Waals surface area contributed by atoms with Gasteiger partial charge in [-0.1, -0.05) is 6.07 Å². The lowest BCUT2D eigenvalue weighted by molar-refractivity contribution is 0.440. The van der Waals surface area contributed by atoms with Gasteiger partial charge in [-0.15, -0.1) is 11.8 Å². The zero-order valence-corrected chi connectivity index (χ0v) is 9.02. The molecule has 76 valence electrons. The molecule has 4 heteroatoms. The van der Waals surface area contributed by atoms with Gasteiger partial charge in [-0.25, -0.2) is 4.98 Å². The van der Waals surface area contributed by atoms with E-state index in [0.29, 0.717) is 0 Å². The molecule has 3 nitrogen and oxygen atoms in total. The van der Waals surface area contributed by atoms with E-state index < -0.39 is 0 Å². The molecule has 0 unspecified atom stereocenters. The van der Waals surface area contributed by atoms with Crippen LogP contribution in [-0.4, -0.2) is 20.2 Å². The Morgan fingerprint density at radius 3 is 3.27 bits per heavy atom. The Morgan fingerprint density at radius 2 is 2.40 bits per heavy atom. The van der Waals surface area contributed by atoms with Crippen LogP contribution in [0.25, 0.3) is 5.65 Å². The number of aromatic nitrogens is 2. The second kappa shape index (κ2) is 3.62. The molecule has 0 aromatic carbocycles. The van der Waals surface area contributed by atoms with E-state index in [4.69, 9.17) is 0 Å². The van der Waals surface area contributed by atoms with E-state index in [1.807, 2.05) is 24.2 Å². The molecule has 2 aromatic rings. The van der Waals surface area contributed by atoms with Gasteiger partial charge in [0.15, 0.2) is 0 Å². The molecule has 0 fully saturated rings. The highest BCUT2D eigenvalue weighted by Crippen LogP contribution is 2.18. The SMILES string of the molecule is C1=CN(Cc2ccc3nccn3c2)CS1. The van der Waals surface area contributed by atoms with Gasteiger partial charge in [0.1, 0.15) is 5.65 Å². The van der Waals surface area contributed by atoms with Crippen LogP contribution in [0.4, 0.5) is 0 Å². The Labute approximate surface area is 92.4 Å². The van der Waals surface area contributed by atoms with Gasteiger partial charge in [-0.05, 0) is 17.0 Å². The van der Waals surface area contributed by atoms with E-state index in [-0.39, 0.29) is 0 Å². The summed E-state index contributed by atoms with van der Waals surface area (Å²) in [7, 11) is 0. The van der Waals surface area contributed by atoms with Crippen molar-refractivity contribution < 1.29 is 0 Å². The standard InChI is InChI=1S/C11H11N3S/c1-2-11-12-3-4-14(11)8-10(1)7-13-5-6-15-9-13/h1-6,8H,7,9H2. The highest BCUT2D eigenvalue weighted by atomic mass is 32.2. The van der Waals surface area contributed by atoms with E-state index in [1.54, 1.807) is 0 Å². The fraction of sp³-hybridized carbons (Fsp3) is 0.182. The summed E-state index contributed by atoms with van der Waals surface area (Å²) in [5, 5.41) is 2.13. The average Bonchev–Trinajstić information content (AvgIpc) is 2.87. The maximum absolute atomic E-state index is 4.22. The maximum Gasteiger partial charge on any atom is 0.136 e. The maximum atomic E-state index is 4.22. The normalized spacial score (nSPS) is 15.3. The molecule has 3 heterocycles. The van der Waals surface area contributed by atoms with Gasteiger partial charge in [0.05, 0.1) is 5.88 Å². The zero-order valence-electron chi connectivity index (χ0n) is 8.21. The van der Waals surface area contributed by atoms with Crippen LogP contribution in [0.5, 0.6) is 0 Å². The lowest BCUT2D eigenvalue weighted by atomic mass is 10.3. The molecule has 0 amide bonds. The van der Waals surface area contributed by atoms with Crippen molar-refractivity contribution in [2.24, 2.45) is 0 Å². The summed E-state index contributed by atoms with van der Waals surface area (Å²) in [5.41, 5.74) is 2.32. The van der Waals surface area contributed by atoms with Crippen molar-refractivity contribution in [3.63, 3.8) is 0 Å². The van der Waals surface area contributed by atoms with Crippen LogP contribution in [0.15, 0.2) is 42.3 Å². The van der Waals surface area contributed by atoms with Crippen LogP contribution in [0.1, 0.15) is 5.56 Å². The lowest BCUT2D eigenvalue weighted by Gasteiger charge is -2.14. The predicted molar refractivity (Wildman–Crippen MR) is 62.3 cm³/mol. The second-order valence-corrected chi connectivity index (χ2v) is 4.42. The number of nitrogens with zero attached hydrogens (tertiary/aromatic N) is 3. The molecule has 0 N–H and O–H groups in total. The van der Waals surface area contributed by atoms with Crippen molar-refractivity contribution in [3.05, 3.63) is 47.9 Å². The highest BCUT2D eigenvalue weighted by molar-refractivity contribution is 8.02. The first-order valence-electron chi connectivity index (χ1n) is 4.86. The number of rotatable bonds is 2. The third-order valence-corrected chi connectivity index (χ3v) is 3.24. The number of hydrogen-bond acceptors (Lipinski definition) is 3. The Bertz CT molecular complexity index is 503. The number of imidazole rings is 1. The molecule has 0 radical (unpaired) electrons. The summed E-state index contributed by atoms with van der Waals surface area (Å²) < 4.78 is 2.06. The Hall–Kier alpha value is -1.42. The van der Waals surface area contributed by atoms with Crippen LogP contribution in [0.3, 0.4) is 0 Å². The molecular weight excluding hydrogens is 206 g/mol. The minimum atomic E-state index is 0.970. The van der Waals surface area contributed by atoms with Crippen LogP contribution in [0.2, 0.25) is 0 Å². The molecule has 2 aromatic heterocycles. The van der Waals surface area contributed by atoms with Crippen molar-refractivity contribution >= 4 is 17.4 Å². The molecule has 3 rings (SSSR count). The Kier molecular flexibility index (Phi) is 2.14. The summed E-state index contributed by atoms with van der Waals surface area (Å²) in [6.45, 7) is 0.970. The predicted octanol–water partition coefficient (Wildman–Crippen LogP) is 2.31. The minimum Gasteiger partial charge on any atom is -0.363 e. The van der Waals surface area contributed by atoms with Crippen LogP contribution >= 0.6 is 11.8 Å². The first kappa shape index (κ1) is 8.85. The molecule has 0 saturated carbocycles. The van der Waals surface area contributed by atoms with E-state index >= 15 is 0 Å². The van der Waals surface area contributed by atoms with Crippen molar-refractivity contribution in [3.8, 4) is 0 Å². The summed E-state index contributed by atoms with van der Waals surface area (Å²) in [6.07, 6.45) is 8.08. The largest absolute Gasteiger partial charge is 0.363 e. The van der Waals surface area contributed by atoms with E-state index in [2.05, 4.69) is 44.2 Å². The van der Waals surface area contributed by atoms with Crippen LogP contribution < -0.4 is 0 Å². The van der Waals surface area contributed by atoms with Crippen molar-refractivity contribution in [2.45, 2.75) is 6.54 Å². The highest BCUT2D eigenvalue weighted by Gasteiger charge is 2.05. The summed E-state index contributed by atoms with van der Waals surface area (Å²) in [4.78, 5) is 6.52. The Morgan fingerprint density at radius 1 is 1.40 bits per heavy atom. The molecule has 0 bridgehead atoms. The zero-order chi connectivity index (χ0) is 10.1. The van der Waals surface area contributed by atoms with Crippen molar-refractivity contribution in [2.75, 3.05) is 5.88 Å². The third-order valence-electron chi connectivity index (χ3n) is 2.44. The van der Waals surface area contributed by atoms with Crippen molar-refractivity contribution in [1.29, 1.82) is 0 Å². The first-order valence-corrected chi connectivity index (χ1v) is 5.91. The molecule has 0 saturated heterocycles. The van der Waals surface area contributed by atoms with Gasteiger partial charge in [0.2, 0.25) is 0 Å². The van der Waals surface area contributed by atoms with E-state index in [0.717, 1.165) is 18.1 Å². The van der Waals surface area contributed by atoms with Gasteiger partial charge in [-0.2, -0.15) is 0 Å². The monoisotopic (exact) mass is 217 g/mol. The number of hydrogen-bond donors (Lipinski definition) is 0. The third kappa shape index (κ3) is 1.72. The fourth-order valence-electron chi connectivity index (χ4n) is 1.70. The molecule has 1 aliphatic rings. The fourth-order valence-corrected chi connectivity index (χ4v) is 2.42. The quantitative estimate of drug-likeness (QED) is 0.770. The Balaban J connectivity index is 1.87. The topological polar surface area (TPSA) is 20.5 Å². The average molecular weight is 217 g/mol.